The summed E-state index contributed by atoms with van der Waals surface area (Å²) in [6.45, 7) is 3.84. The summed E-state index contributed by atoms with van der Waals surface area (Å²) in [5.74, 6) is 0.0503. The van der Waals surface area contributed by atoms with Gasteiger partial charge in [-0.1, -0.05) is 18.2 Å². The largest absolute Gasteiger partial charge is 0.332 e. The van der Waals surface area contributed by atoms with Crippen molar-refractivity contribution in [2.75, 3.05) is 5.32 Å². The number of carbonyl (C=O) groups excluding carboxylic acids is 2. The average molecular weight is 338 g/mol. The number of aromatic nitrogens is 1. The maximum atomic E-state index is 12.2. The first kappa shape index (κ1) is 17.0. The third-order valence-electron chi connectivity index (χ3n) is 4.35. The smallest absolute Gasteiger partial charge is 0.315 e. The number of pyridine rings is 1. The molecule has 3 rings (SSSR count). The van der Waals surface area contributed by atoms with Crippen LogP contribution in [0.4, 0.5) is 10.5 Å². The van der Waals surface area contributed by atoms with Gasteiger partial charge in [0.05, 0.1) is 17.8 Å². The molecule has 0 saturated carbocycles. The predicted octanol–water partition coefficient (Wildman–Crippen LogP) is 3.09. The highest BCUT2D eigenvalue weighted by molar-refractivity contribution is 5.93. The lowest BCUT2D eigenvalue weighted by Gasteiger charge is -2.21. The number of nitrogens with zero attached hydrogens (tertiary/aromatic N) is 1. The SMILES string of the molecule is C[C@H](NC(=O)N[C@H](C)c1ccc2c(c1)CCC(=O)N2)c1ccccn1. The van der Waals surface area contributed by atoms with Crippen LogP contribution < -0.4 is 16.0 Å². The number of anilines is 1. The molecule has 130 valence electrons. The standard InChI is InChI=1S/C19H22N4O2/c1-12(14-6-8-17-15(11-14)7-9-18(24)23-17)21-19(25)22-13(2)16-5-3-4-10-20-16/h3-6,8,10-13H,7,9H2,1-2H3,(H,23,24)(H2,21,22,25)/t12-,13+/m1/s1. The summed E-state index contributed by atoms with van der Waals surface area (Å²) in [6, 6.07) is 10.9. The van der Waals surface area contributed by atoms with Gasteiger partial charge < -0.3 is 16.0 Å². The minimum absolute atomic E-state index is 0.0503. The number of fused-ring (bicyclic) bond motifs is 1. The number of rotatable bonds is 4. The van der Waals surface area contributed by atoms with E-state index in [4.69, 9.17) is 0 Å². The molecule has 25 heavy (non-hydrogen) atoms. The normalized spacial score (nSPS) is 15.5. The number of carbonyl (C=O) groups is 2. The summed E-state index contributed by atoms with van der Waals surface area (Å²) < 4.78 is 0. The van der Waals surface area contributed by atoms with E-state index < -0.39 is 0 Å². The molecule has 6 heteroatoms. The first-order valence-electron chi connectivity index (χ1n) is 8.43. The van der Waals surface area contributed by atoms with Crippen molar-refractivity contribution in [2.45, 2.75) is 38.8 Å². The highest BCUT2D eigenvalue weighted by Gasteiger charge is 2.18. The minimum atomic E-state index is -0.239. The fraction of sp³-hybridized carbons (Fsp3) is 0.316. The molecule has 1 aromatic heterocycles. The van der Waals surface area contributed by atoms with Gasteiger partial charge in [-0.05, 0) is 49.6 Å². The van der Waals surface area contributed by atoms with Crippen LogP contribution in [0.2, 0.25) is 0 Å². The van der Waals surface area contributed by atoms with Crippen molar-refractivity contribution in [1.82, 2.24) is 15.6 Å². The third-order valence-corrected chi connectivity index (χ3v) is 4.35. The van der Waals surface area contributed by atoms with E-state index in [9.17, 15) is 9.59 Å². The van der Waals surface area contributed by atoms with Crippen molar-refractivity contribution < 1.29 is 9.59 Å². The van der Waals surface area contributed by atoms with Crippen molar-refractivity contribution in [3.63, 3.8) is 0 Å². The molecule has 0 spiro atoms. The molecule has 6 nitrogen and oxygen atoms in total. The second-order valence-corrected chi connectivity index (χ2v) is 6.28. The highest BCUT2D eigenvalue weighted by atomic mass is 16.2. The van der Waals surface area contributed by atoms with Crippen molar-refractivity contribution in [3.05, 3.63) is 59.4 Å². The Balaban J connectivity index is 1.61. The number of hydrogen-bond donors (Lipinski definition) is 3. The van der Waals surface area contributed by atoms with Crippen LogP contribution in [-0.2, 0) is 11.2 Å². The zero-order valence-corrected chi connectivity index (χ0v) is 14.4. The van der Waals surface area contributed by atoms with Crippen molar-refractivity contribution in [2.24, 2.45) is 0 Å². The highest BCUT2D eigenvalue weighted by Crippen LogP contribution is 2.26. The van der Waals surface area contributed by atoms with Crippen LogP contribution in [0.5, 0.6) is 0 Å². The van der Waals surface area contributed by atoms with Crippen molar-refractivity contribution in [3.8, 4) is 0 Å². The van der Waals surface area contributed by atoms with Gasteiger partial charge in [0, 0.05) is 18.3 Å². The molecule has 2 atom stereocenters. The summed E-state index contributed by atoms with van der Waals surface area (Å²) in [6.07, 6.45) is 2.94. The van der Waals surface area contributed by atoms with Gasteiger partial charge in [-0.2, -0.15) is 0 Å². The molecule has 0 saturated heterocycles. The van der Waals surface area contributed by atoms with Gasteiger partial charge in [0.2, 0.25) is 5.91 Å². The van der Waals surface area contributed by atoms with E-state index in [2.05, 4.69) is 20.9 Å². The summed E-state index contributed by atoms with van der Waals surface area (Å²) in [4.78, 5) is 27.9. The van der Waals surface area contributed by atoms with Gasteiger partial charge >= 0.3 is 6.03 Å². The van der Waals surface area contributed by atoms with Gasteiger partial charge in [0.25, 0.3) is 0 Å². The second kappa shape index (κ2) is 7.34. The van der Waals surface area contributed by atoms with Crippen LogP contribution in [0.3, 0.4) is 0 Å². The lowest BCUT2D eigenvalue weighted by atomic mass is 9.98. The fourth-order valence-corrected chi connectivity index (χ4v) is 2.90. The molecule has 0 radical (unpaired) electrons. The number of amides is 3. The van der Waals surface area contributed by atoms with Crippen LogP contribution in [0, 0.1) is 0 Å². The van der Waals surface area contributed by atoms with E-state index in [0.29, 0.717) is 6.42 Å². The molecule has 0 unspecified atom stereocenters. The molecule has 2 heterocycles. The van der Waals surface area contributed by atoms with E-state index >= 15 is 0 Å². The molecule has 2 aromatic rings. The molecular weight excluding hydrogens is 316 g/mol. The molecular formula is C19H22N4O2. The lowest BCUT2D eigenvalue weighted by Crippen LogP contribution is -2.38. The predicted molar refractivity (Wildman–Crippen MR) is 96.1 cm³/mol. The molecule has 1 aromatic carbocycles. The Kier molecular flexibility index (Phi) is 4.97. The van der Waals surface area contributed by atoms with E-state index in [1.54, 1.807) is 6.20 Å². The Hall–Kier alpha value is -2.89. The van der Waals surface area contributed by atoms with Crippen LogP contribution in [-0.4, -0.2) is 16.9 Å². The van der Waals surface area contributed by atoms with E-state index in [0.717, 1.165) is 28.9 Å². The third kappa shape index (κ3) is 4.15. The number of aryl methyl sites for hydroxylation is 1. The minimum Gasteiger partial charge on any atom is -0.332 e. The zero-order valence-electron chi connectivity index (χ0n) is 14.4. The number of hydrogen-bond acceptors (Lipinski definition) is 3. The maximum absolute atomic E-state index is 12.2. The second-order valence-electron chi connectivity index (χ2n) is 6.28. The lowest BCUT2D eigenvalue weighted by molar-refractivity contribution is -0.116. The molecule has 0 aliphatic carbocycles. The van der Waals surface area contributed by atoms with E-state index in [1.165, 1.54) is 0 Å². The molecule has 3 N–H and O–H groups in total. The summed E-state index contributed by atoms with van der Waals surface area (Å²) in [7, 11) is 0. The summed E-state index contributed by atoms with van der Waals surface area (Å²) in [5, 5.41) is 8.71. The van der Waals surface area contributed by atoms with Crippen LogP contribution in [0.1, 0.15) is 49.2 Å². The monoisotopic (exact) mass is 338 g/mol. The molecule has 3 amide bonds. The molecule has 1 aliphatic rings. The Morgan fingerprint density at radius 1 is 1.12 bits per heavy atom. The van der Waals surface area contributed by atoms with Gasteiger partial charge in [-0.15, -0.1) is 0 Å². The van der Waals surface area contributed by atoms with Gasteiger partial charge in [-0.25, -0.2) is 4.79 Å². The Morgan fingerprint density at radius 3 is 2.68 bits per heavy atom. The van der Waals surface area contributed by atoms with Crippen molar-refractivity contribution in [1.29, 1.82) is 0 Å². The average Bonchev–Trinajstić information content (AvgIpc) is 2.61. The van der Waals surface area contributed by atoms with Gasteiger partial charge in [0.15, 0.2) is 0 Å². The Bertz CT molecular complexity index is 776. The van der Waals surface area contributed by atoms with Gasteiger partial charge in [0.1, 0.15) is 0 Å². The summed E-state index contributed by atoms with van der Waals surface area (Å²) in [5.41, 5.74) is 3.79. The number of urea groups is 1. The van der Waals surface area contributed by atoms with Crippen molar-refractivity contribution >= 4 is 17.6 Å². The topological polar surface area (TPSA) is 83.1 Å². The number of nitrogens with one attached hydrogen (secondary N) is 3. The first-order valence-corrected chi connectivity index (χ1v) is 8.43. The van der Waals surface area contributed by atoms with E-state index in [1.807, 2.05) is 50.2 Å². The number of benzene rings is 1. The first-order chi connectivity index (χ1) is 12.0. The quantitative estimate of drug-likeness (QED) is 0.801. The zero-order chi connectivity index (χ0) is 17.8. The Labute approximate surface area is 147 Å². The molecule has 0 fully saturated rings. The summed E-state index contributed by atoms with van der Waals surface area (Å²) >= 11 is 0. The fourth-order valence-electron chi connectivity index (χ4n) is 2.90. The van der Waals surface area contributed by atoms with E-state index in [-0.39, 0.29) is 24.0 Å². The maximum Gasteiger partial charge on any atom is 0.315 e. The molecule has 0 bridgehead atoms. The molecule has 1 aliphatic heterocycles. The van der Waals surface area contributed by atoms with Crippen LogP contribution >= 0.6 is 0 Å². The Morgan fingerprint density at radius 2 is 1.92 bits per heavy atom. The van der Waals surface area contributed by atoms with Crippen LogP contribution in [0.25, 0.3) is 0 Å². The van der Waals surface area contributed by atoms with Crippen LogP contribution in [0.15, 0.2) is 42.6 Å². The van der Waals surface area contributed by atoms with Gasteiger partial charge in [-0.3, -0.25) is 9.78 Å².